The second-order valence-electron chi connectivity index (χ2n) is 5.10. The van der Waals surface area contributed by atoms with Crippen molar-refractivity contribution in [3.63, 3.8) is 0 Å². The number of fused-ring (bicyclic) bond motifs is 8. The van der Waals surface area contributed by atoms with Crippen molar-refractivity contribution in [1.29, 1.82) is 0 Å². The zero-order valence-corrected chi connectivity index (χ0v) is 7.42. The third-order valence-electron chi connectivity index (χ3n) is 4.70. The van der Waals surface area contributed by atoms with Crippen LogP contribution in [-0.4, -0.2) is 7.28 Å². The van der Waals surface area contributed by atoms with E-state index < -0.39 is 0 Å². The lowest BCUT2D eigenvalue weighted by atomic mass is 9.62. The topological polar surface area (TPSA) is 0 Å². The van der Waals surface area contributed by atoms with Crippen molar-refractivity contribution in [3.8, 4) is 0 Å². The first kappa shape index (κ1) is 6.29. The maximum atomic E-state index is 2.66. The number of hydrogen-bond donors (Lipinski definition) is 0. The second kappa shape index (κ2) is 1.83. The van der Waals surface area contributed by atoms with Crippen LogP contribution >= 0.6 is 0 Å². The lowest BCUT2D eigenvalue weighted by Gasteiger charge is -2.24. The average molecular weight is 157 g/mol. The van der Waals surface area contributed by atoms with Crippen LogP contribution < -0.4 is 0 Å². The van der Waals surface area contributed by atoms with Crippen LogP contribution in [0.25, 0.3) is 0 Å². The molecule has 2 aliphatic heterocycles. The van der Waals surface area contributed by atoms with E-state index in [2.05, 4.69) is 7.28 Å². The van der Waals surface area contributed by atoms with Gasteiger partial charge in [-0.3, -0.25) is 0 Å². The standard InChI is InChI=1S/C11H14B/c1-2-7-5-6(1)10-8-3-4-9(12-8)11(7)10/h6-9H,1-5H2/t6-,7+,8-,9+. The molecule has 1 saturated heterocycles. The molecule has 4 bridgehead atoms. The molecule has 4 atom stereocenters. The molecular formula is C11H14B. The molecule has 0 nitrogen and oxygen atoms in total. The Hall–Kier alpha value is -0.195. The highest BCUT2D eigenvalue weighted by Crippen LogP contribution is 2.65. The first-order valence-electron chi connectivity index (χ1n) is 5.52. The van der Waals surface area contributed by atoms with Gasteiger partial charge in [-0.15, -0.1) is 0 Å². The Morgan fingerprint density at radius 1 is 0.833 bits per heavy atom. The fourth-order valence-electron chi connectivity index (χ4n) is 4.40. The predicted molar refractivity (Wildman–Crippen MR) is 50.3 cm³/mol. The number of allylic oxidation sites excluding steroid dienone is 2. The first-order valence-corrected chi connectivity index (χ1v) is 5.52. The van der Waals surface area contributed by atoms with E-state index in [9.17, 15) is 0 Å². The smallest absolute Gasteiger partial charge is 0.0728 e. The fraction of sp³-hybridized carbons (Fsp3) is 0.818. The van der Waals surface area contributed by atoms with Gasteiger partial charge in [0.25, 0.3) is 0 Å². The molecule has 61 valence electrons. The van der Waals surface area contributed by atoms with Crippen molar-refractivity contribution in [3.05, 3.63) is 11.1 Å². The quantitative estimate of drug-likeness (QED) is 0.374. The summed E-state index contributed by atoms with van der Waals surface area (Å²) in [6.07, 6.45) is 7.59. The van der Waals surface area contributed by atoms with E-state index in [-0.39, 0.29) is 0 Å². The van der Waals surface area contributed by atoms with Gasteiger partial charge < -0.3 is 0 Å². The summed E-state index contributed by atoms with van der Waals surface area (Å²) in [7, 11) is 2.66. The van der Waals surface area contributed by atoms with Gasteiger partial charge in [-0.25, -0.2) is 0 Å². The maximum Gasteiger partial charge on any atom is 0.128 e. The Bertz CT molecular complexity index is 227. The van der Waals surface area contributed by atoms with Crippen molar-refractivity contribution < 1.29 is 0 Å². The Morgan fingerprint density at radius 3 is 2.00 bits per heavy atom. The zero-order valence-electron chi connectivity index (χ0n) is 7.42. The molecule has 0 aromatic carbocycles. The molecule has 0 spiro atoms. The summed E-state index contributed by atoms with van der Waals surface area (Å²) >= 11 is 0. The third kappa shape index (κ3) is 0.532. The Labute approximate surface area is 74.7 Å². The molecule has 2 aliphatic carbocycles. The van der Waals surface area contributed by atoms with E-state index in [1.807, 2.05) is 11.1 Å². The lowest BCUT2D eigenvalue weighted by Crippen LogP contribution is -2.06. The minimum Gasteiger partial charge on any atom is -0.0728 e. The largest absolute Gasteiger partial charge is 0.128 e. The molecule has 1 radical (unpaired) electrons. The monoisotopic (exact) mass is 157 g/mol. The zero-order chi connectivity index (χ0) is 7.71. The van der Waals surface area contributed by atoms with Crippen LogP contribution in [0.2, 0.25) is 11.6 Å². The molecule has 0 unspecified atom stereocenters. The second-order valence-corrected chi connectivity index (χ2v) is 5.10. The summed E-state index contributed by atoms with van der Waals surface area (Å²) in [5.74, 6) is 4.02. The lowest BCUT2D eigenvalue weighted by molar-refractivity contribution is 0.574. The predicted octanol–water partition coefficient (Wildman–Crippen LogP) is 2.80. The molecule has 1 heteroatoms. The van der Waals surface area contributed by atoms with Crippen molar-refractivity contribution in [2.45, 2.75) is 43.7 Å². The van der Waals surface area contributed by atoms with Gasteiger partial charge in [0.05, 0.1) is 0 Å². The van der Waals surface area contributed by atoms with E-state index in [0.29, 0.717) is 0 Å². The molecule has 2 heterocycles. The van der Waals surface area contributed by atoms with Gasteiger partial charge in [0.1, 0.15) is 7.28 Å². The summed E-state index contributed by atoms with van der Waals surface area (Å²) in [4.78, 5) is 0. The van der Waals surface area contributed by atoms with E-state index in [4.69, 9.17) is 0 Å². The summed E-state index contributed by atoms with van der Waals surface area (Å²) in [5, 5.41) is 0. The molecular weight excluding hydrogens is 143 g/mol. The summed E-state index contributed by atoms with van der Waals surface area (Å²) in [6, 6.07) is 0. The highest BCUT2D eigenvalue weighted by atomic mass is 14.5. The summed E-state index contributed by atoms with van der Waals surface area (Å²) < 4.78 is 0. The van der Waals surface area contributed by atoms with Gasteiger partial charge in [-0.2, -0.15) is 0 Å². The highest BCUT2D eigenvalue weighted by molar-refractivity contribution is 6.45. The fourth-order valence-corrected chi connectivity index (χ4v) is 4.40. The normalized spacial score (nSPS) is 53.3. The van der Waals surface area contributed by atoms with E-state index in [1.165, 1.54) is 25.7 Å². The molecule has 2 fully saturated rings. The van der Waals surface area contributed by atoms with Gasteiger partial charge in [-0.1, -0.05) is 24.0 Å². The van der Waals surface area contributed by atoms with Crippen molar-refractivity contribution >= 4 is 7.28 Å². The Kier molecular flexibility index (Phi) is 0.960. The highest BCUT2D eigenvalue weighted by Gasteiger charge is 2.51. The van der Waals surface area contributed by atoms with Crippen molar-refractivity contribution in [2.24, 2.45) is 11.8 Å². The third-order valence-corrected chi connectivity index (χ3v) is 4.70. The Balaban J connectivity index is 1.90. The van der Waals surface area contributed by atoms with Gasteiger partial charge >= 0.3 is 0 Å². The first-order chi connectivity index (χ1) is 5.93. The average Bonchev–Trinajstić information content (AvgIpc) is 2.83. The van der Waals surface area contributed by atoms with E-state index >= 15 is 0 Å². The Morgan fingerprint density at radius 2 is 1.42 bits per heavy atom. The molecule has 0 N–H and O–H groups in total. The SMILES string of the molecule is [B]1[C@@H]2CC[C@H]1C1=C2[C@@H]2CC[C@H]1C2. The van der Waals surface area contributed by atoms with Crippen LogP contribution in [0.4, 0.5) is 0 Å². The molecule has 1 saturated carbocycles. The number of hydrogen-bond acceptors (Lipinski definition) is 0. The molecule has 12 heavy (non-hydrogen) atoms. The van der Waals surface area contributed by atoms with Crippen molar-refractivity contribution in [1.82, 2.24) is 0 Å². The summed E-state index contributed by atoms with van der Waals surface area (Å²) in [6.45, 7) is 0. The van der Waals surface area contributed by atoms with Crippen LogP contribution in [-0.2, 0) is 0 Å². The molecule has 4 rings (SSSR count). The number of rotatable bonds is 0. The van der Waals surface area contributed by atoms with Crippen molar-refractivity contribution in [2.75, 3.05) is 0 Å². The van der Waals surface area contributed by atoms with Gasteiger partial charge in [0.15, 0.2) is 0 Å². The molecule has 0 amide bonds. The van der Waals surface area contributed by atoms with Crippen LogP contribution in [0.1, 0.15) is 32.1 Å². The van der Waals surface area contributed by atoms with E-state index in [1.54, 1.807) is 6.42 Å². The molecule has 0 aromatic rings. The van der Waals surface area contributed by atoms with Gasteiger partial charge in [0.2, 0.25) is 0 Å². The summed E-state index contributed by atoms with van der Waals surface area (Å²) in [5.41, 5.74) is 3.89. The molecule has 4 aliphatic rings. The molecule has 0 aromatic heterocycles. The van der Waals surface area contributed by atoms with Gasteiger partial charge in [0, 0.05) is 0 Å². The van der Waals surface area contributed by atoms with Crippen LogP contribution in [0.3, 0.4) is 0 Å². The van der Waals surface area contributed by atoms with Crippen LogP contribution in [0.5, 0.6) is 0 Å². The van der Waals surface area contributed by atoms with E-state index in [0.717, 1.165) is 23.5 Å². The minimum atomic E-state index is 0.959. The van der Waals surface area contributed by atoms with Crippen LogP contribution in [0.15, 0.2) is 11.1 Å². The van der Waals surface area contributed by atoms with Crippen LogP contribution in [0, 0.1) is 11.8 Å². The maximum absolute atomic E-state index is 2.66. The minimum absolute atomic E-state index is 0.959. The van der Waals surface area contributed by atoms with Gasteiger partial charge in [-0.05, 0) is 42.7 Å².